The van der Waals surface area contributed by atoms with E-state index < -0.39 is 0 Å². The first kappa shape index (κ1) is 14.8. The molecule has 6 nitrogen and oxygen atoms in total. The normalized spacial score (nSPS) is 13.1. The van der Waals surface area contributed by atoms with Crippen molar-refractivity contribution in [3.63, 3.8) is 0 Å². The zero-order valence-electron chi connectivity index (χ0n) is 12.0. The summed E-state index contributed by atoms with van der Waals surface area (Å²) >= 11 is 0. The van der Waals surface area contributed by atoms with Crippen LogP contribution in [0.4, 0.5) is 0 Å². The number of nitrogens with zero attached hydrogens (tertiary/aromatic N) is 3. The summed E-state index contributed by atoms with van der Waals surface area (Å²) < 4.78 is 0. The Hall–Kier alpha value is -2.63. The number of oxime groups is 1. The van der Waals surface area contributed by atoms with Crippen molar-refractivity contribution in [1.82, 2.24) is 9.88 Å². The number of hydrogen-bond acceptors (Lipinski definition) is 4. The van der Waals surface area contributed by atoms with E-state index in [-0.39, 0.29) is 17.7 Å². The quantitative estimate of drug-likeness (QED) is 0.387. The number of rotatable bonds is 4. The standard InChI is InChI=1S/C15H18N4O2/c1-10(14(16)18-21)9-19(2)15(20)12-5-3-7-13-11(12)6-4-8-17-13/h3-8,10,21H,9H2,1-2H3,(H2,16,18). The summed E-state index contributed by atoms with van der Waals surface area (Å²) in [7, 11) is 1.69. The Morgan fingerprint density at radius 3 is 2.90 bits per heavy atom. The molecule has 0 spiro atoms. The molecule has 0 aliphatic heterocycles. The van der Waals surface area contributed by atoms with Crippen LogP contribution in [0, 0.1) is 5.92 Å². The Morgan fingerprint density at radius 2 is 2.19 bits per heavy atom. The Morgan fingerprint density at radius 1 is 1.43 bits per heavy atom. The van der Waals surface area contributed by atoms with E-state index in [1.165, 1.54) is 0 Å². The Labute approximate surface area is 122 Å². The molecule has 0 fully saturated rings. The maximum atomic E-state index is 12.6. The van der Waals surface area contributed by atoms with Gasteiger partial charge in [0, 0.05) is 36.7 Å². The van der Waals surface area contributed by atoms with Gasteiger partial charge in [-0.25, -0.2) is 0 Å². The molecule has 6 heteroatoms. The summed E-state index contributed by atoms with van der Waals surface area (Å²) in [6.07, 6.45) is 1.70. The minimum absolute atomic E-state index is 0.106. The SMILES string of the molecule is CC(CN(C)C(=O)c1cccc2ncccc12)C(N)=NO. The summed E-state index contributed by atoms with van der Waals surface area (Å²) in [5, 5.41) is 12.4. The molecule has 0 aliphatic rings. The third-order valence-electron chi connectivity index (χ3n) is 3.39. The molecule has 110 valence electrons. The summed E-state index contributed by atoms with van der Waals surface area (Å²) in [6.45, 7) is 2.16. The molecule has 0 bridgehead atoms. The zero-order valence-corrected chi connectivity index (χ0v) is 12.0. The van der Waals surface area contributed by atoms with Gasteiger partial charge in [-0.1, -0.05) is 24.2 Å². The van der Waals surface area contributed by atoms with Crippen molar-refractivity contribution in [2.45, 2.75) is 6.92 Å². The predicted octanol–water partition coefficient (Wildman–Crippen LogP) is 1.69. The van der Waals surface area contributed by atoms with Crippen molar-refractivity contribution in [3.05, 3.63) is 42.1 Å². The first-order chi connectivity index (χ1) is 10.0. The highest BCUT2D eigenvalue weighted by atomic mass is 16.4. The molecule has 3 N–H and O–H groups in total. The molecule has 2 rings (SSSR count). The predicted molar refractivity (Wildman–Crippen MR) is 81.3 cm³/mol. The number of hydrogen-bond donors (Lipinski definition) is 2. The summed E-state index contributed by atoms with van der Waals surface area (Å²) in [4.78, 5) is 18.4. The summed E-state index contributed by atoms with van der Waals surface area (Å²) in [5.41, 5.74) is 6.92. The number of carbonyl (C=O) groups is 1. The van der Waals surface area contributed by atoms with Gasteiger partial charge in [0.1, 0.15) is 5.84 Å². The van der Waals surface area contributed by atoms with Crippen LogP contribution in [0.2, 0.25) is 0 Å². The molecule has 0 aliphatic carbocycles. The second-order valence-electron chi connectivity index (χ2n) is 4.99. The van der Waals surface area contributed by atoms with E-state index in [2.05, 4.69) is 10.1 Å². The topological polar surface area (TPSA) is 91.8 Å². The maximum Gasteiger partial charge on any atom is 0.254 e. The molecule has 0 radical (unpaired) electrons. The van der Waals surface area contributed by atoms with Crippen LogP contribution < -0.4 is 5.73 Å². The van der Waals surface area contributed by atoms with Gasteiger partial charge >= 0.3 is 0 Å². The molecular formula is C15H18N4O2. The van der Waals surface area contributed by atoms with E-state index in [4.69, 9.17) is 10.9 Å². The molecule has 0 saturated heterocycles. The maximum absolute atomic E-state index is 12.6. The van der Waals surface area contributed by atoms with Crippen molar-refractivity contribution >= 4 is 22.6 Å². The zero-order chi connectivity index (χ0) is 15.4. The van der Waals surface area contributed by atoms with E-state index in [9.17, 15) is 4.79 Å². The number of nitrogens with two attached hydrogens (primary N) is 1. The number of fused-ring (bicyclic) bond motifs is 1. The lowest BCUT2D eigenvalue weighted by Crippen LogP contribution is -2.36. The highest BCUT2D eigenvalue weighted by molar-refractivity contribution is 6.06. The molecule has 21 heavy (non-hydrogen) atoms. The lowest BCUT2D eigenvalue weighted by Gasteiger charge is -2.21. The van der Waals surface area contributed by atoms with E-state index in [1.807, 2.05) is 18.2 Å². The van der Waals surface area contributed by atoms with Crippen LogP contribution in [0.5, 0.6) is 0 Å². The minimum Gasteiger partial charge on any atom is -0.409 e. The largest absolute Gasteiger partial charge is 0.409 e. The van der Waals surface area contributed by atoms with Gasteiger partial charge in [-0.3, -0.25) is 9.78 Å². The molecule has 0 saturated carbocycles. The van der Waals surface area contributed by atoms with E-state index >= 15 is 0 Å². The van der Waals surface area contributed by atoms with Gasteiger partial charge < -0.3 is 15.8 Å². The van der Waals surface area contributed by atoms with Crippen molar-refractivity contribution in [2.75, 3.05) is 13.6 Å². The second kappa shape index (κ2) is 6.21. The lowest BCUT2D eigenvalue weighted by atomic mass is 10.1. The van der Waals surface area contributed by atoms with Gasteiger partial charge in [0.2, 0.25) is 0 Å². The van der Waals surface area contributed by atoms with Crippen LogP contribution in [0.15, 0.2) is 41.7 Å². The van der Waals surface area contributed by atoms with Gasteiger partial charge in [-0.05, 0) is 18.2 Å². The number of amidine groups is 1. The summed E-state index contributed by atoms with van der Waals surface area (Å²) in [5.74, 6) is -0.238. The Balaban J connectivity index is 2.26. The first-order valence-electron chi connectivity index (χ1n) is 6.61. The Bertz CT molecular complexity index is 679. The fraction of sp³-hybridized carbons (Fsp3) is 0.267. The molecule has 1 aromatic heterocycles. The van der Waals surface area contributed by atoms with Crippen LogP contribution in [0.3, 0.4) is 0 Å². The molecule has 1 heterocycles. The number of benzene rings is 1. The molecule has 2 aromatic rings. The highest BCUT2D eigenvalue weighted by Gasteiger charge is 2.18. The summed E-state index contributed by atoms with van der Waals surface area (Å²) in [6, 6.07) is 9.13. The van der Waals surface area contributed by atoms with Crippen LogP contribution >= 0.6 is 0 Å². The van der Waals surface area contributed by atoms with E-state index in [0.29, 0.717) is 12.1 Å². The van der Waals surface area contributed by atoms with Crippen molar-refractivity contribution in [3.8, 4) is 0 Å². The fourth-order valence-electron chi connectivity index (χ4n) is 2.18. The van der Waals surface area contributed by atoms with Crippen molar-refractivity contribution in [1.29, 1.82) is 0 Å². The third kappa shape index (κ3) is 3.10. The van der Waals surface area contributed by atoms with Gasteiger partial charge in [0.25, 0.3) is 5.91 Å². The van der Waals surface area contributed by atoms with Gasteiger partial charge in [-0.15, -0.1) is 0 Å². The van der Waals surface area contributed by atoms with Crippen LogP contribution in [0.25, 0.3) is 10.9 Å². The minimum atomic E-state index is -0.225. The monoisotopic (exact) mass is 286 g/mol. The van der Waals surface area contributed by atoms with Crippen LogP contribution in [0.1, 0.15) is 17.3 Å². The fourth-order valence-corrected chi connectivity index (χ4v) is 2.18. The van der Waals surface area contributed by atoms with Gasteiger partial charge in [0.05, 0.1) is 5.52 Å². The molecular weight excluding hydrogens is 268 g/mol. The van der Waals surface area contributed by atoms with E-state index in [1.54, 1.807) is 37.2 Å². The number of aromatic nitrogens is 1. The molecule has 1 amide bonds. The Kier molecular flexibility index (Phi) is 4.37. The van der Waals surface area contributed by atoms with Crippen LogP contribution in [-0.4, -0.2) is 40.4 Å². The number of pyridine rings is 1. The number of carbonyl (C=O) groups excluding carboxylic acids is 1. The number of amides is 1. The molecule has 1 aromatic carbocycles. The average molecular weight is 286 g/mol. The van der Waals surface area contributed by atoms with Gasteiger partial charge in [-0.2, -0.15) is 0 Å². The average Bonchev–Trinajstić information content (AvgIpc) is 2.52. The molecule has 1 unspecified atom stereocenters. The third-order valence-corrected chi connectivity index (χ3v) is 3.39. The van der Waals surface area contributed by atoms with Crippen molar-refractivity contribution in [2.24, 2.45) is 16.8 Å². The first-order valence-corrected chi connectivity index (χ1v) is 6.61. The van der Waals surface area contributed by atoms with Gasteiger partial charge in [0.15, 0.2) is 0 Å². The van der Waals surface area contributed by atoms with Crippen LogP contribution in [-0.2, 0) is 0 Å². The molecule has 1 atom stereocenters. The van der Waals surface area contributed by atoms with Crippen molar-refractivity contribution < 1.29 is 10.0 Å². The smallest absolute Gasteiger partial charge is 0.254 e. The second-order valence-corrected chi connectivity index (χ2v) is 4.99. The lowest BCUT2D eigenvalue weighted by molar-refractivity contribution is 0.0788. The highest BCUT2D eigenvalue weighted by Crippen LogP contribution is 2.18. The van der Waals surface area contributed by atoms with E-state index in [0.717, 1.165) is 10.9 Å².